The van der Waals surface area contributed by atoms with E-state index in [1.165, 1.54) is 0 Å². The molecule has 0 heterocycles. The first kappa shape index (κ1) is 3.16. The largest absolute Gasteiger partial charge is 0.0919 e. The molecule has 4 heavy (non-hydrogen) atoms. The maximum atomic E-state index is 6.70. The molecule has 0 N–H and O–H groups in total. The van der Waals surface area contributed by atoms with E-state index in [-0.39, 0.29) is 5.31 Å². The number of rotatable bonds is 1. The molecule has 0 aromatic carbocycles. The van der Waals surface area contributed by atoms with Crippen LogP contribution in [0.4, 0.5) is 0 Å². The van der Waals surface area contributed by atoms with Crippen molar-refractivity contribution in [2.75, 3.05) is 10.6 Å². The second kappa shape index (κ2) is 3.96. The van der Waals surface area contributed by atoms with Crippen LogP contribution in [0.15, 0.2) is 0 Å². The summed E-state index contributed by atoms with van der Waals surface area (Å²) in [4.78, 5) is 0. The summed E-state index contributed by atoms with van der Waals surface area (Å²) in [5.74, 6) is 0. The van der Waals surface area contributed by atoms with E-state index >= 15 is 0 Å². The highest BCUT2D eigenvalue weighted by molar-refractivity contribution is 9.11. The molecule has 0 saturated carbocycles. The van der Waals surface area contributed by atoms with Gasteiger partial charge in [-0.3, -0.25) is 0 Å². The Morgan fingerprint density at radius 1 is 1.75 bits per heavy atom. The van der Waals surface area contributed by atoms with Gasteiger partial charge in [0.15, 0.2) is 0 Å². The Morgan fingerprint density at radius 2 is 2.00 bits per heavy atom. The highest BCUT2D eigenvalue weighted by atomic mass is 79.9. The van der Waals surface area contributed by atoms with Crippen LogP contribution in [0, 0.1) is 0 Å². The van der Waals surface area contributed by atoms with Crippen LogP contribution in [0.3, 0.4) is 0 Å². The first-order valence-corrected chi connectivity index (χ1v) is 2.93. The Balaban J connectivity index is 2.54. The zero-order chi connectivity index (χ0) is 4.28. The summed E-state index contributed by atoms with van der Waals surface area (Å²) in [7, 11) is 0. The van der Waals surface area contributed by atoms with Gasteiger partial charge in [-0.05, 0) is 0 Å². The lowest BCUT2D eigenvalue weighted by molar-refractivity contribution is 1.62. The Kier molecular flexibility index (Phi) is 3.13. The lowest BCUT2D eigenvalue weighted by Gasteiger charge is -1.63. The molecule has 0 fully saturated rings. The molecule has 0 nitrogen and oxygen atoms in total. The topological polar surface area (TPSA) is 0 Å². The van der Waals surface area contributed by atoms with Gasteiger partial charge >= 0.3 is 0 Å². The van der Waals surface area contributed by atoms with Gasteiger partial charge < -0.3 is 0 Å². The third kappa shape index (κ3) is 2.96. The standard InChI is InChI=1S/C2H4Br2/c3-1-2-4/h1-2H2/i1D. The predicted molar refractivity (Wildman–Crippen MR) is 27.6 cm³/mol. The summed E-state index contributed by atoms with van der Waals surface area (Å²) in [6.45, 7) is 0. The van der Waals surface area contributed by atoms with E-state index in [0.29, 0.717) is 5.33 Å². The number of hydrogen-bond donors (Lipinski definition) is 0. The molecule has 0 aliphatic carbocycles. The highest BCUT2D eigenvalue weighted by Crippen LogP contribution is 1.82. The molecule has 1 atom stereocenters. The minimum atomic E-state index is -0.137. The van der Waals surface area contributed by atoms with Crippen LogP contribution in [-0.4, -0.2) is 10.6 Å². The van der Waals surface area contributed by atoms with Crippen molar-refractivity contribution >= 4 is 31.9 Å². The maximum absolute atomic E-state index is 6.70. The first-order valence-electron chi connectivity index (χ1n) is 1.47. The monoisotopic (exact) mass is 187 g/mol. The smallest absolute Gasteiger partial charge is 0.0395 e. The summed E-state index contributed by atoms with van der Waals surface area (Å²) < 4.78 is 6.70. The van der Waals surface area contributed by atoms with Crippen LogP contribution < -0.4 is 0 Å². The molecule has 1 unspecified atom stereocenters. The third-order valence-corrected chi connectivity index (χ3v) is 1.57. The second-order valence-corrected chi connectivity index (χ2v) is 1.60. The molecular weight excluding hydrogens is 184 g/mol. The Labute approximate surface area is 44.2 Å². The van der Waals surface area contributed by atoms with Gasteiger partial charge in [-0.15, -0.1) is 0 Å². The lowest BCUT2D eigenvalue weighted by Crippen LogP contribution is -1.61. The fourth-order valence-electron chi connectivity index (χ4n) is 0. The average molecular weight is 189 g/mol. The minimum Gasteiger partial charge on any atom is -0.0919 e. The number of halogens is 2. The highest BCUT2D eigenvalue weighted by Gasteiger charge is 1.60. The molecule has 0 radical (unpaired) electrons. The van der Waals surface area contributed by atoms with Crippen LogP contribution in [-0.2, 0) is 0 Å². The van der Waals surface area contributed by atoms with E-state index < -0.39 is 0 Å². The Morgan fingerprint density at radius 3 is 2.00 bits per heavy atom. The molecule has 0 saturated heterocycles. The molecular formula is C2H4Br2. The van der Waals surface area contributed by atoms with Crippen LogP contribution in [0.2, 0.25) is 0 Å². The van der Waals surface area contributed by atoms with Crippen molar-refractivity contribution in [3.63, 3.8) is 0 Å². The predicted octanol–water partition coefficient (Wildman–Crippen LogP) is 1.78. The van der Waals surface area contributed by atoms with Crippen molar-refractivity contribution in [2.24, 2.45) is 0 Å². The summed E-state index contributed by atoms with van der Waals surface area (Å²) in [6.07, 6.45) is 0. The van der Waals surface area contributed by atoms with Gasteiger partial charge in [0, 0.05) is 12.0 Å². The zero-order valence-corrected chi connectivity index (χ0v) is 5.21. The molecule has 0 rings (SSSR count). The molecule has 26 valence electrons. The van der Waals surface area contributed by atoms with Crippen molar-refractivity contribution in [1.29, 1.82) is 0 Å². The van der Waals surface area contributed by atoms with E-state index in [1.54, 1.807) is 0 Å². The van der Waals surface area contributed by atoms with Gasteiger partial charge in [-0.1, -0.05) is 31.9 Å². The van der Waals surface area contributed by atoms with E-state index in [0.717, 1.165) is 0 Å². The van der Waals surface area contributed by atoms with Gasteiger partial charge in [-0.2, -0.15) is 0 Å². The van der Waals surface area contributed by atoms with Crippen LogP contribution in [0.5, 0.6) is 0 Å². The van der Waals surface area contributed by atoms with Gasteiger partial charge in [-0.25, -0.2) is 0 Å². The quantitative estimate of drug-likeness (QED) is 0.551. The SMILES string of the molecule is [2H]C(Br)CBr. The second-order valence-electron chi connectivity index (χ2n) is 0.309. The molecule has 0 aromatic rings. The average Bonchev–Trinajstić information content (AvgIpc) is 1.38. The van der Waals surface area contributed by atoms with Gasteiger partial charge in [0.1, 0.15) is 0 Å². The fourth-order valence-corrected chi connectivity index (χ4v) is 0. The Bertz CT molecular complexity index is 21.6. The molecule has 0 aromatic heterocycles. The van der Waals surface area contributed by atoms with Crippen molar-refractivity contribution in [2.45, 2.75) is 0 Å². The molecule has 0 aliphatic heterocycles. The lowest BCUT2D eigenvalue weighted by atomic mass is 11.0. The molecule has 0 amide bonds. The zero-order valence-electron chi connectivity index (χ0n) is 3.04. The third-order valence-electron chi connectivity index (χ3n) is 0.0583. The van der Waals surface area contributed by atoms with Crippen LogP contribution in [0.25, 0.3) is 0 Å². The summed E-state index contributed by atoms with van der Waals surface area (Å²) >= 11 is 6.07. The van der Waals surface area contributed by atoms with Gasteiger partial charge in [0.05, 0.1) is 0 Å². The van der Waals surface area contributed by atoms with Crippen molar-refractivity contribution < 1.29 is 1.37 Å². The molecule has 0 aliphatic rings. The van der Waals surface area contributed by atoms with Gasteiger partial charge in [0.25, 0.3) is 0 Å². The summed E-state index contributed by atoms with van der Waals surface area (Å²) in [5, 5.41) is 0.565. The molecule has 2 heteroatoms. The Hall–Kier alpha value is 0.960. The van der Waals surface area contributed by atoms with Gasteiger partial charge in [0.2, 0.25) is 0 Å². The van der Waals surface area contributed by atoms with Crippen molar-refractivity contribution in [3.05, 3.63) is 0 Å². The van der Waals surface area contributed by atoms with E-state index in [1.807, 2.05) is 0 Å². The molecule has 0 spiro atoms. The van der Waals surface area contributed by atoms with E-state index in [9.17, 15) is 0 Å². The summed E-state index contributed by atoms with van der Waals surface area (Å²) in [6, 6.07) is 0. The summed E-state index contributed by atoms with van der Waals surface area (Å²) in [5.41, 5.74) is 0. The van der Waals surface area contributed by atoms with Crippen LogP contribution in [0.1, 0.15) is 1.37 Å². The maximum Gasteiger partial charge on any atom is 0.0395 e. The minimum absolute atomic E-state index is 0.137. The fraction of sp³-hybridized carbons (Fsp3) is 1.00. The van der Waals surface area contributed by atoms with Crippen LogP contribution >= 0.6 is 31.9 Å². The number of alkyl halides is 2. The molecule has 0 bridgehead atoms. The van der Waals surface area contributed by atoms with Crippen molar-refractivity contribution in [1.82, 2.24) is 0 Å². The van der Waals surface area contributed by atoms with E-state index in [2.05, 4.69) is 31.9 Å². The number of hydrogen-bond acceptors (Lipinski definition) is 0. The van der Waals surface area contributed by atoms with Crippen molar-refractivity contribution in [3.8, 4) is 0 Å². The normalized spacial score (nSPS) is 19.0. The van der Waals surface area contributed by atoms with E-state index in [4.69, 9.17) is 1.37 Å². The first-order chi connectivity index (χ1) is 2.27.